The average Bonchev–Trinajstić information content (AvgIpc) is 2.36. The van der Waals surface area contributed by atoms with Crippen molar-refractivity contribution in [1.29, 1.82) is 5.26 Å². The third-order valence-corrected chi connectivity index (χ3v) is 3.10. The molecule has 0 atom stereocenters. The largest absolute Gasteiger partial charge is 0.508 e. The Bertz CT molecular complexity index is 582. The van der Waals surface area contributed by atoms with Crippen molar-refractivity contribution in [2.24, 2.45) is 0 Å². The standard InChI is InChI=1S/C15H18N2O3/c1-15(2,3)20-14(19)17-5-4-11-6-10(8-16)7-13(18)12(11)9-17/h6-7,18H,4-5,9H2,1-3H3. The van der Waals surface area contributed by atoms with E-state index in [0.717, 1.165) is 5.56 Å². The van der Waals surface area contributed by atoms with Crippen molar-refractivity contribution in [1.82, 2.24) is 4.90 Å². The van der Waals surface area contributed by atoms with Crippen molar-refractivity contribution in [2.45, 2.75) is 39.3 Å². The molecular weight excluding hydrogens is 256 g/mol. The van der Waals surface area contributed by atoms with Gasteiger partial charge in [0.2, 0.25) is 0 Å². The first-order valence-corrected chi connectivity index (χ1v) is 6.53. The molecule has 1 heterocycles. The van der Waals surface area contributed by atoms with Crippen LogP contribution in [0.5, 0.6) is 5.75 Å². The molecule has 0 aliphatic carbocycles. The van der Waals surface area contributed by atoms with E-state index in [1.807, 2.05) is 26.8 Å². The molecule has 1 aliphatic heterocycles. The van der Waals surface area contributed by atoms with Crippen molar-refractivity contribution >= 4 is 6.09 Å². The molecule has 5 nitrogen and oxygen atoms in total. The second kappa shape index (κ2) is 5.04. The Morgan fingerprint density at radius 2 is 2.15 bits per heavy atom. The minimum absolute atomic E-state index is 0.0623. The second-order valence-electron chi connectivity index (χ2n) is 5.90. The number of ether oxygens (including phenoxy) is 1. The molecule has 106 valence electrons. The van der Waals surface area contributed by atoms with Crippen LogP contribution in [0.2, 0.25) is 0 Å². The summed E-state index contributed by atoms with van der Waals surface area (Å²) in [5, 5.41) is 18.9. The fourth-order valence-corrected chi connectivity index (χ4v) is 2.19. The summed E-state index contributed by atoms with van der Waals surface area (Å²) in [7, 11) is 0. The van der Waals surface area contributed by atoms with E-state index in [1.54, 1.807) is 11.0 Å². The van der Waals surface area contributed by atoms with Gasteiger partial charge in [0.05, 0.1) is 18.2 Å². The molecule has 1 amide bonds. The first-order valence-electron chi connectivity index (χ1n) is 6.53. The number of carbonyl (C=O) groups excluding carboxylic acids is 1. The number of fused-ring (bicyclic) bond motifs is 1. The Labute approximate surface area is 118 Å². The Hall–Kier alpha value is -2.22. The summed E-state index contributed by atoms with van der Waals surface area (Å²) in [6.07, 6.45) is 0.226. The predicted octanol–water partition coefficient (Wildman–Crippen LogP) is 2.56. The SMILES string of the molecule is CC(C)(C)OC(=O)N1CCc2cc(C#N)cc(O)c2C1. The fraction of sp³-hybridized carbons (Fsp3) is 0.467. The summed E-state index contributed by atoms with van der Waals surface area (Å²) < 4.78 is 5.33. The van der Waals surface area contributed by atoms with Gasteiger partial charge in [0.25, 0.3) is 0 Å². The molecule has 0 spiro atoms. The van der Waals surface area contributed by atoms with Crippen LogP contribution in [0.15, 0.2) is 12.1 Å². The van der Waals surface area contributed by atoms with Gasteiger partial charge in [-0.2, -0.15) is 5.26 Å². The van der Waals surface area contributed by atoms with Crippen molar-refractivity contribution in [3.05, 3.63) is 28.8 Å². The van der Waals surface area contributed by atoms with Crippen LogP contribution in [0.1, 0.15) is 37.5 Å². The zero-order valence-corrected chi connectivity index (χ0v) is 11.9. The van der Waals surface area contributed by atoms with Crippen LogP contribution in [0, 0.1) is 11.3 Å². The van der Waals surface area contributed by atoms with E-state index in [2.05, 4.69) is 0 Å². The highest BCUT2D eigenvalue weighted by Crippen LogP contribution is 2.29. The van der Waals surface area contributed by atoms with Gasteiger partial charge >= 0.3 is 6.09 Å². The fourth-order valence-electron chi connectivity index (χ4n) is 2.19. The summed E-state index contributed by atoms with van der Waals surface area (Å²) in [5.74, 6) is 0.0623. The van der Waals surface area contributed by atoms with Crippen LogP contribution in [0.3, 0.4) is 0 Å². The molecule has 0 unspecified atom stereocenters. The highest BCUT2D eigenvalue weighted by atomic mass is 16.6. The Morgan fingerprint density at radius 3 is 2.75 bits per heavy atom. The Balaban J connectivity index is 2.20. The number of amides is 1. The van der Waals surface area contributed by atoms with Crippen LogP contribution in [-0.2, 0) is 17.7 Å². The molecule has 0 bridgehead atoms. The van der Waals surface area contributed by atoms with Crippen molar-refractivity contribution in [2.75, 3.05) is 6.54 Å². The molecule has 0 saturated heterocycles. The van der Waals surface area contributed by atoms with Crippen LogP contribution >= 0.6 is 0 Å². The number of carbonyl (C=O) groups is 1. The van der Waals surface area contributed by atoms with E-state index < -0.39 is 5.60 Å². The molecule has 0 aromatic heterocycles. The molecule has 5 heteroatoms. The zero-order valence-electron chi connectivity index (χ0n) is 11.9. The molecule has 2 rings (SSSR count). The van der Waals surface area contributed by atoms with E-state index in [4.69, 9.17) is 10.00 Å². The summed E-state index contributed by atoms with van der Waals surface area (Å²) in [5.41, 5.74) is 1.51. The molecule has 0 saturated carbocycles. The van der Waals surface area contributed by atoms with Gasteiger partial charge in [0, 0.05) is 12.1 Å². The third kappa shape index (κ3) is 3.02. The number of aromatic hydroxyl groups is 1. The molecule has 1 aromatic rings. The average molecular weight is 274 g/mol. The number of rotatable bonds is 0. The molecule has 1 aromatic carbocycles. The van der Waals surface area contributed by atoms with Crippen LogP contribution < -0.4 is 0 Å². The number of hydrogen-bond acceptors (Lipinski definition) is 4. The van der Waals surface area contributed by atoms with Crippen molar-refractivity contribution in [3.63, 3.8) is 0 Å². The lowest BCUT2D eigenvalue weighted by Gasteiger charge is -2.31. The van der Waals surface area contributed by atoms with Gasteiger partial charge in [0.15, 0.2) is 0 Å². The van der Waals surface area contributed by atoms with Crippen LogP contribution in [0.4, 0.5) is 4.79 Å². The maximum absolute atomic E-state index is 12.0. The summed E-state index contributed by atoms with van der Waals surface area (Å²) in [6.45, 7) is 6.29. The minimum Gasteiger partial charge on any atom is -0.508 e. The van der Waals surface area contributed by atoms with Crippen LogP contribution in [-0.4, -0.2) is 28.2 Å². The molecule has 1 N–H and O–H groups in total. The highest BCUT2D eigenvalue weighted by molar-refractivity contribution is 5.69. The lowest BCUT2D eigenvalue weighted by molar-refractivity contribution is 0.0223. The molecular formula is C15H18N2O3. The van der Waals surface area contributed by atoms with E-state index in [0.29, 0.717) is 30.6 Å². The van der Waals surface area contributed by atoms with Gasteiger partial charge in [-0.3, -0.25) is 0 Å². The van der Waals surface area contributed by atoms with Crippen molar-refractivity contribution in [3.8, 4) is 11.8 Å². The lowest BCUT2D eigenvalue weighted by atomic mass is 9.96. The van der Waals surface area contributed by atoms with Gasteiger partial charge in [0.1, 0.15) is 11.4 Å². The van der Waals surface area contributed by atoms with Gasteiger partial charge in [-0.15, -0.1) is 0 Å². The molecule has 0 radical (unpaired) electrons. The van der Waals surface area contributed by atoms with E-state index in [1.165, 1.54) is 6.07 Å². The van der Waals surface area contributed by atoms with Crippen LogP contribution in [0.25, 0.3) is 0 Å². The highest BCUT2D eigenvalue weighted by Gasteiger charge is 2.27. The summed E-state index contributed by atoms with van der Waals surface area (Å²) in [6, 6.07) is 5.21. The van der Waals surface area contributed by atoms with E-state index in [-0.39, 0.29) is 11.8 Å². The van der Waals surface area contributed by atoms with E-state index in [9.17, 15) is 9.90 Å². The number of hydrogen-bond donors (Lipinski definition) is 1. The first-order chi connectivity index (χ1) is 9.30. The summed E-state index contributed by atoms with van der Waals surface area (Å²) >= 11 is 0. The number of phenolic OH excluding ortho intramolecular Hbond substituents is 1. The first kappa shape index (κ1) is 14.2. The van der Waals surface area contributed by atoms with Gasteiger partial charge in [-0.25, -0.2) is 4.79 Å². The maximum Gasteiger partial charge on any atom is 0.410 e. The lowest BCUT2D eigenvalue weighted by Crippen LogP contribution is -2.39. The monoisotopic (exact) mass is 274 g/mol. The molecule has 0 fully saturated rings. The number of nitriles is 1. The van der Waals surface area contributed by atoms with Gasteiger partial charge < -0.3 is 14.7 Å². The second-order valence-corrected chi connectivity index (χ2v) is 5.90. The Morgan fingerprint density at radius 1 is 1.45 bits per heavy atom. The quantitative estimate of drug-likeness (QED) is 0.789. The predicted molar refractivity (Wildman–Crippen MR) is 73.2 cm³/mol. The van der Waals surface area contributed by atoms with Gasteiger partial charge in [-0.05, 0) is 44.9 Å². The third-order valence-electron chi connectivity index (χ3n) is 3.10. The number of phenols is 1. The zero-order chi connectivity index (χ0) is 14.9. The number of nitrogens with zero attached hydrogens (tertiary/aromatic N) is 2. The topological polar surface area (TPSA) is 73.6 Å². The normalized spacial score (nSPS) is 14.4. The summed E-state index contributed by atoms with van der Waals surface area (Å²) in [4.78, 5) is 13.6. The molecule has 1 aliphatic rings. The number of benzene rings is 1. The maximum atomic E-state index is 12.0. The molecule has 20 heavy (non-hydrogen) atoms. The van der Waals surface area contributed by atoms with Gasteiger partial charge in [-0.1, -0.05) is 0 Å². The smallest absolute Gasteiger partial charge is 0.410 e. The minimum atomic E-state index is -0.538. The Kier molecular flexibility index (Phi) is 3.58. The van der Waals surface area contributed by atoms with E-state index >= 15 is 0 Å². The van der Waals surface area contributed by atoms with Crippen molar-refractivity contribution < 1.29 is 14.6 Å².